The summed E-state index contributed by atoms with van der Waals surface area (Å²) in [7, 11) is 1.66. The van der Waals surface area contributed by atoms with E-state index < -0.39 is 0 Å². The molecular formula is C22H28N2O3. The first kappa shape index (κ1) is 19.4. The van der Waals surface area contributed by atoms with Gasteiger partial charge in [0.1, 0.15) is 5.75 Å². The third kappa shape index (κ3) is 5.08. The molecule has 27 heavy (non-hydrogen) atoms. The number of ether oxygens (including phenoxy) is 1. The standard InChI is InChI=1S/C22H28N2O3/c1-27-20-10-5-8-18(16-20)17-7-4-9-19(15-17)23-22(26)21-11-2-3-12-24(21)13-6-14-25/h4-5,7-10,15-16,21,25H,2-3,6,11-14H2,1H3,(H,23,26)/t21-/m0/s1. The number of anilines is 1. The van der Waals surface area contributed by atoms with Crippen LogP contribution in [0, 0.1) is 0 Å². The normalized spacial score (nSPS) is 17.5. The molecule has 5 heteroatoms. The molecule has 0 aromatic heterocycles. The number of rotatable bonds is 7. The molecule has 0 aliphatic carbocycles. The lowest BCUT2D eigenvalue weighted by Crippen LogP contribution is -2.47. The van der Waals surface area contributed by atoms with Gasteiger partial charge in [0.05, 0.1) is 13.2 Å². The summed E-state index contributed by atoms with van der Waals surface area (Å²) in [6.45, 7) is 1.84. The van der Waals surface area contributed by atoms with Crippen molar-refractivity contribution in [3.8, 4) is 16.9 Å². The number of aliphatic hydroxyl groups excluding tert-OH is 1. The number of hydrogen-bond donors (Lipinski definition) is 2. The Morgan fingerprint density at radius 1 is 1.19 bits per heavy atom. The van der Waals surface area contributed by atoms with Crippen molar-refractivity contribution >= 4 is 11.6 Å². The van der Waals surface area contributed by atoms with E-state index in [1.165, 1.54) is 0 Å². The highest BCUT2D eigenvalue weighted by Gasteiger charge is 2.28. The van der Waals surface area contributed by atoms with Crippen molar-refractivity contribution < 1.29 is 14.6 Å². The molecule has 1 amide bonds. The summed E-state index contributed by atoms with van der Waals surface area (Å²) < 4.78 is 5.30. The monoisotopic (exact) mass is 368 g/mol. The maximum atomic E-state index is 12.9. The largest absolute Gasteiger partial charge is 0.497 e. The molecule has 144 valence electrons. The van der Waals surface area contributed by atoms with Gasteiger partial charge in [0.2, 0.25) is 5.91 Å². The summed E-state index contributed by atoms with van der Waals surface area (Å²) >= 11 is 0. The number of carbonyl (C=O) groups excluding carboxylic acids is 1. The van der Waals surface area contributed by atoms with E-state index in [0.29, 0.717) is 6.42 Å². The Labute approximate surface area is 161 Å². The van der Waals surface area contributed by atoms with Gasteiger partial charge < -0.3 is 15.2 Å². The number of piperidine rings is 1. The van der Waals surface area contributed by atoms with Crippen molar-refractivity contribution in [3.63, 3.8) is 0 Å². The van der Waals surface area contributed by atoms with Crippen LogP contribution in [0.4, 0.5) is 5.69 Å². The highest BCUT2D eigenvalue weighted by atomic mass is 16.5. The third-order valence-corrected chi connectivity index (χ3v) is 5.05. The van der Waals surface area contributed by atoms with Gasteiger partial charge in [-0.25, -0.2) is 0 Å². The van der Waals surface area contributed by atoms with Crippen molar-refractivity contribution in [3.05, 3.63) is 48.5 Å². The predicted octanol–water partition coefficient (Wildman–Crippen LogP) is 3.54. The lowest BCUT2D eigenvalue weighted by molar-refractivity contribution is -0.122. The number of amides is 1. The van der Waals surface area contributed by atoms with E-state index in [2.05, 4.69) is 10.2 Å². The van der Waals surface area contributed by atoms with E-state index in [1.807, 2.05) is 48.5 Å². The van der Waals surface area contributed by atoms with Crippen LogP contribution < -0.4 is 10.1 Å². The third-order valence-electron chi connectivity index (χ3n) is 5.05. The second-order valence-corrected chi connectivity index (χ2v) is 6.93. The van der Waals surface area contributed by atoms with Crippen LogP contribution in [0.2, 0.25) is 0 Å². The molecule has 5 nitrogen and oxygen atoms in total. The average Bonchev–Trinajstić information content (AvgIpc) is 2.72. The summed E-state index contributed by atoms with van der Waals surface area (Å²) in [5.41, 5.74) is 2.88. The van der Waals surface area contributed by atoms with E-state index in [0.717, 1.165) is 54.9 Å². The highest BCUT2D eigenvalue weighted by Crippen LogP contribution is 2.26. The van der Waals surface area contributed by atoms with Gasteiger partial charge in [0.15, 0.2) is 0 Å². The van der Waals surface area contributed by atoms with Crippen LogP contribution in [0.1, 0.15) is 25.7 Å². The predicted molar refractivity (Wildman–Crippen MR) is 108 cm³/mol. The Balaban J connectivity index is 1.72. The molecule has 1 aliphatic rings. The highest BCUT2D eigenvalue weighted by molar-refractivity contribution is 5.95. The Morgan fingerprint density at radius 2 is 1.96 bits per heavy atom. The summed E-state index contributed by atoms with van der Waals surface area (Å²) in [5, 5.41) is 12.2. The number of nitrogens with zero attached hydrogens (tertiary/aromatic N) is 1. The smallest absolute Gasteiger partial charge is 0.241 e. The molecule has 1 fully saturated rings. The lowest BCUT2D eigenvalue weighted by atomic mass is 10.0. The Kier molecular flexibility index (Phi) is 6.85. The van der Waals surface area contributed by atoms with Crippen molar-refractivity contribution in [2.45, 2.75) is 31.7 Å². The van der Waals surface area contributed by atoms with Gasteiger partial charge in [-0.1, -0.05) is 30.7 Å². The average molecular weight is 368 g/mol. The van der Waals surface area contributed by atoms with Crippen LogP contribution in [0.15, 0.2) is 48.5 Å². The zero-order valence-corrected chi connectivity index (χ0v) is 15.9. The second kappa shape index (κ2) is 9.53. The molecule has 2 aromatic carbocycles. The van der Waals surface area contributed by atoms with E-state index in [4.69, 9.17) is 9.84 Å². The number of likely N-dealkylation sites (tertiary alicyclic amines) is 1. The van der Waals surface area contributed by atoms with Crippen molar-refractivity contribution in [2.24, 2.45) is 0 Å². The fourth-order valence-corrected chi connectivity index (χ4v) is 3.63. The minimum absolute atomic E-state index is 0.0374. The Morgan fingerprint density at radius 3 is 2.74 bits per heavy atom. The second-order valence-electron chi connectivity index (χ2n) is 6.93. The molecule has 0 bridgehead atoms. The van der Waals surface area contributed by atoms with Crippen LogP contribution in [0.25, 0.3) is 11.1 Å². The molecule has 1 aliphatic heterocycles. The minimum atomic E-state index is -0.120. The fraction of sp³-hybridized carbons (Fsp3) is 0.409. The molecule has 2 N–H and O–H groups in total. The maximum Gasteiger partial charge on any atom is 0.241 e. The minimum Gasteiger partial charge on any atom is -0.497 e. The van der Waals surface area contributed by atoms with Gasteiger partial charge in [-0.3, -0.25) is 9.69 Å². The topological polar surface area (TPSA) is 61.8 Å². The molecule has 1 atom stereocenters. The molecule has 3 rings (SSSR count). The molecule has 0 unspecified atom stereocenters. The van der Waals surface area contributed by atoms with Crippen LogP contribution in [-0.4, -0.2) is 48.8 Å². The number of methoxy groups -OCH3 is 1. The van der Waals surface area contributed by atoms with Gasteiger partial charge in [-0.05, 0) is 61.2 Å². The van der Waals surface area contributed by atoms with Gasteiger partial charge in [0.25, 0.3) is 0 Å². The Hall–Kier alpha value is -2.37. The van der Waals surface area contributed by atoms with E-state index in [-0.39, 0.29) is 18.6 Å². The van der Waals surface area contributed by atoms with Crippen molar-refractivity contribution in [2.75, 3.05) is 32.1 Å². The van der Waals surface area contributed by atoms with Crippen molar-refractivity contribution in [1.29, 1.82) is 0 Å². The molecule has 0 radical (unpaired) electrons. The summed E-state index contributed by atoms with van der Waals surface area (Å²) in [4.78, 5) is 15.0. The van der Waals surface area contributed by atoms with Crippen LogP contribution in [0.5, 0.6) is 5.75 Å². The van der Waals surface area contributed by atoms with Gasteiger partial charge >= 0.3 is 0 Å². The van der Waals surface area contributed by atoms with Crippen LogP contribution in [-0.2, 0) is 4.79 Å². The van der Waals surface area contributed by atoms with Crippen molar-refractivity contribution in [1.82, 2.24) is 4.90 Å². The number of aliphatic hydroxyl groups is 1. The molecule has 0 spiro atoms. The fourth-order valence-electron chi connectivity index (χ4n) is 3.63. The van der Waals surface area contributed by atoms with E-state index in [1.54, 1.807) is 7.11 Å². The molecule has 0 saturated carbocycles. The number of carbonyl (C=O) groups is 1. The molecule has 2 aromatic rings. The number of nitrogens with one attached hydrogen (secondary N) is 1. The zero-order valence-electron chi connectivity index (χ0n) is 15.9. The SMILES string of the molecule is COc1cccc(-c2cccc(NC(=O)[C@@H]3CCCCN3CCCO)c2)c1. The van der Waals surface area contributed by atoms with Crippen LogP contribution in [0.3, 0.4) is 0 Å². The lowest BCUT2D eigenvalue weighted by Gasteiger charge is -2.34. The zero-order chi connectivity index (χ0) is 19.1. The number of benzene rings is 2. The maximum absolute atomic E-state index is 12.9. The Bertz CT molecular complexity index is 763. The van der Waals surface area contributed by atoms with Gasteiger partial charge in [-0.15, -0.1) is 0 Å². The molecular weight excluding hydrogens is 340 g/mol. The summed E-state index contributed by atoms with van der Waals surface area (Å²) in [6, 6.07) is 15.7. The van der Waals surface area contributed by atoms with E-state index in [9.17, 15) is 4.79 Å². The summed E-state index contributed by atoms with van der Waals surface area (Å²) in [6.07, 6.45) is 3.75. The number of hydrogen-bond acceptors (Lipinski definition) is 4. The molecule has 1 heterocycles. The quantitative estimate of drug-likeness (QED) is 0.785. The first-order chi connectivity index (χ1) is 13.2. The van der Waals surface area contributed by atoms with E-state index >= 15 is 0 Å². The molecule has 1 saturated heterocycles. The first-order valence-electron chi connectivity index (χ1n) is 9.61. The first-order valence-corrected chi connectivity index (χ1v) is 9.61. The van der Waals surface area contributed by atoms with Crippen LogP contribution >= 0.6 is 0 Å². The summed E-state index contributed by atoms with van der Waals surface area (Å²) in [5.74, 6) is 0.846. The van der Waals surface area contributed by atoms with Gasteiger partial charge in [-0.2, -0.15) is 0 Å². The van der Waals surface area contributed by atoms with Gasteiger partial charge in [0, 0.05) is 18.8 Å².